The molecule has 3 nitrogen and oxygen atoms in total. The maximum Gasteiger partial charge on any atom is 0.530 e. The summed E-state index contributed by atoms with van der Waals surface area (Å²) >= 11 is 0. The molecule has 0 amide bonds. The van der Waals surface area contributed by atoms with Gasteiger partial charge in [0, 0.05) is 16.7 Å². The van der Waals surface area contributed by atoms with E-state index in [-0.39, 0.29) is 0 Å². The maximum atomic E-state index is 8.94. The first-order chi connectivity index (χ1) is 59.4. The third kappa shape index (κ3) is 19.8. The molecule has 0 fully saturated rings. The Balaban J connectivity index is 1.17. The number of hydrogen-bond donors (Lipinski definition) is 0. The van der Waals surface area contributed by atoms with Gasteiger partial charge in [-0.15, -0.1) is 0 Å². The summed E-state index contributed by atoms with van der Waals surface area (Å²) in [6.45, 7) is 43.7. The van der Waals surface area contributed by atoms with Gasteiger partial charge in [-0.3, -0.25) is 0 Å². The molecule has 0 radical (unpaired) electrons. The highest BCUT2D eigenvalue weighted by Crippen LogP contribution is 2.58. The molecule has 0 bridgehead atoms. The molecule has 15 aromatic carbocycles. The minimum absolute atomic E-state index is 0.431. The van der Waals surface area contributed by atoms with Crippen LogP contribution in [0.3, 0.4) is 0 Å². The number of rotatable bonds is 24. The maximum absolute atomic E-state index is 8.94. The summed E-state index contributed by atoms with van der Waals surface area (Å²) < 4.78 is 26.8. The second-order valence-corrected chi connectivity index (χ2v) is 52.0. The zero-order valence-electron chi connectivity index (χ0n) is 75.2. The fourth-order valence-electron chi connectivity index (χ4n) is 17.4. The standard InChI is InChI=1S/C114H117O3P7/c1-109(2,3)100-94(79-97(118(82-55-31-19-32-56-82)83-57-33-20-34-58-83)103(112(10,11)12)106(100)121(88-67-43-25-44-68-88)89-69-45-26-46-70-89)115-124(116-95-80-98(119(84-59-35-21-36-60-84)85-61-37-22-38-62-85)104(113(13,14)15)107(101(95)110(4,5)6)122(90-71-47-27-48-72-90)91-73-49-28-50-74-91)117-96-81-99(120(86-63-39-23-40-64-86)87-65-41-24-42-66-87)105(114(16,17)18)108(102(96)111(7,8)9)123(92-75-51-29-52-76-92)93-77-53-30-54-78-93/h19-81H,1-18H3. The Bertz CT molecular complexity index is 5220. The monoisotopic (exact) mass is 1750 g/mol. The fraction of sp³-hybridized carbons (Fsp3) is 0.211. The third-order valence-corrected chi connectivity index (χ3v) is 38.3. The zero-order chi connectivity index (χ0) is 87.3. The van der Waals surface area contributed by atoms with Crippen molar-refractivity contribution in [2.75, 3.05) is 0 Å². The van der Waals surface area contributed by atoms with Crippen molar-refractivity contribution < 1.29 is 13.6 Å². The largest absolute Gasteiger partial charge is 0.530 e. The Morgan fingerprint density at radius 3 is 0.395 bits per heavy atom. The number of benzene rings is 15. The minimum atomic E-state index is -2.69. The Hall–Kier alpha value is -9.29. The van der Waals surface area contributed by atoms with Crippen LogP contribution in [0.5, 0.6) is 17.2 Å². The second-order valence-electron chi connectivity index (χ2n) is 38.0. The SMILES string of the molecule is CC(C)(C)c1c(OP(Oc2cc(P(c3ccccc3)c3ccccc3)c(C(C)(C)C)c(P(c3ccccc3)c3ccccc3)c2C(C)(C)C)Oc2cc(P(c3ccccc3)c3ccccc3)c(C(C)(C)C)c(P(c3ccccc3)c3ccccc3)c2C(C)(C)C)cc(P(c2ccccc2)c2ccccc2)c(C(C)(C)C)c1P(c1ccccc1)c1ccccc1. The molecule has 0 aliphatic heterocycles. The van der Waals surface area contributed by atoms with Crippen LogP contribution in [0.1, 0.15) is 158 Å². The van der Waals surface area contributed by atoms with E-state index >= 15 is 0 Å². The zero-order valence-corrected chi connectivity index (χ0v) is 81.5. The molecule has 0 heterocycles. The van der Waals surface area contributed by atoms with Crippen LogP contribution in [-0.4, -0.2) is 0 Å². The van der Waals surface area contributed by atoms with Gasteiger partial charge in [-0.2, -0.15) is 0 Å². The quantitative estimate of drug-likeness (QED) is 0.0564. The van der Waals surface area contributed by atoms with Gasteiger partial charge in [-0.1, -0.05) is 489 Å². The molecule has 0 saturated carbocycles. The topological polar surface area (TPSA) is 27.7 Å². The van der Waals surface area contributed by atoms with Crippen LogP contribution in [0.25, 0.3) is 0 Å². The fourth-order valence-corrected chi connectivity index (χ4v) is 36.2. The van der Waals surface area contributed by atoms with Crippen molar-refractivity contribution in [1.29, 1.82) is 0 Å². The van der Waals surface area contributed by atoms with E-state index in [4.69, 9.17) is 13.6 Å². The Morgan fingerprint density at radius 1 is 0.153 bits per heavy atom. The molecule has 0 saturated heterocycles. The molecular weight excluding hydrogens is 1630 g/mol. The Morgan fingerprint density at radius 2 is 0.274 bits per heavy atom. The summed E-state index contributed by atoms with van der Waals surface area (Å²) in [7, 11) is -10.8. The highest BCUT2D eigenvalue weighted by Gasteiger charge is 2.46. The van der Waals surface area contributed by atoms with E-state index in [0.717, 1.165) is 33.9 Å². The van der Waals surface area contributed by atoms with Gasteiger partial charge in [0.2, 0.25) is 0 Å². The van der Waals surface area contributed by atoms with Crippen LogP contribution < -0.4 is 109 Å². The van der Waals surface area contributed by atoms with Crippen LogP contribution in [0, 0.1) is 0 Å². The highest BCUT2D eigenvalue weighted by molar-refractivity contribution is 7.83. The average molecular weight is 1750 g/mol. The van der Waals surface area contributed by atoms with E-state index < -0.39 is 88.6 Å². The molecule has 124 heavy (non-hydrogen) atoms. The van der Waals surface area contributed by atoms with Gasteiger partial charge in [-0.05, 0) is 210 Å². The normalized spacial score (nSPS) is 12.5. The lowest BCUT2D eigenvalue weighted by Crippen LogP contribution is -2.41. The lowest BCUT2D eigenvalue weighted by atomic mass is 9.80. The van der Waals surface area contributed by atoms with Crippen LogP contribution in [-0.2, 0) is 32.5 Å². The molecule has 0 aliphatic carbocycles. The minimum Gasteiger partial charge on any atom is -0.408 e. The molecule has 0 atom stereocenters. The van der Waals surface area contributed by atoms with Gasteiger partial charge >= 0.3 is 8.60 Å². The van der Waals surface area contributed by atoms with Crippen molar-refractivity contribution >= 4 is 152 Å². The van der Waals surface area contributed by atoms with E-state index in [0.29, 0.717) is 0 Å². The summed E-state index contributed by atoms with van der Waals surface area (Å²) in [5.74, 6) is 2.21. The summed E-state index contributed by atoms with van der Waals surface area (Å²) in [6.07, 6.45) is 0. The molecule has 0 unspecified atom stereocenters. The van der Waals surface area contributed by atoms with E-state index in [1.165, 1.54) is 112 Å². The first-order valence-electron chi connectivity index (χ1n) is 43.3. The Kier molecular flexibility index (Phi) is 27.5. The van der Waals surface area contributed by atoms with Crippen molar-refractivity contribution in [1.82, 2.24) is 0 Å². The summed E-state index contributed by atoms with van der Waals surface area (Å²) in [5, 5.41) is 22.6. The molecular formula is C114H117O3P7. The number of hydrogen-bond acceptors (Lipinski definition) is 3. The predicted octanol–water partition coefficient (Wildman–Crippen LogP) is 23.8. The summed E-state index contributed by atoms with van der Waals surface area (Å²) in [5.41, 5.74) is 4.30. The third-order valence-electron chi connectivity index (χ3n) is 22.3. The van der Waals surface area contributed by atoms with E-state index in [2.05, 4.69) is 507 Å². The van der Waals surface area contributed by atoms with E-state index in [1.807, 2.05) is 0 Å². The van der Waals surface area contributed by atoms with Crippen molar-refractivity contribution in [2.45, 2.75) is 157 Å². The Labute approximate surface area is 749 Å². The molecule has 15 aromatic rings. The smallest absolute Gasteiger partial charge is 0.408 e. The molecule has 0 aromatic heterocycles. The van der Waals surface area contributed by atoms with Crippen LogP contribution in [0.4, 0.5) is 0 Å². The van der Waals surface area contributed by atoms with Crippen LogP contribution >= 0.6 is 56.1 Å². The molecule has 0 spiro atoms. The van der Waals surface area contributed by atoms with Crippen LogP contribution in [0.2, 0.25) is 0 Å². The van der Waals surface area contributed by atoms with Gasteiger partial charge in [0.25, 0.3) is 0 Å². The van der Waals surface area contributed by atoms with E-state index in [1.54, 1.807) is 0 Å². The summed E-state index contributed by atoms with van der Waals surface area (Å²) in [6, 6.07) is 144. The average Bonchev–Trinajstić information content (AvgIpc) is 0.727. The lowest BCUT2D eigenvalue weighted by Gasteiger charge is -2.40. The molecule has 10 heteroatoms. The van der Waals surface area contributed by atoms with Crippen molar-refractivity contribution in [2.24, 2.45) is 0 Å². The first-order valence-corrected chi connectivity index (χ1v) is 52.5. The molecule has 626 valence electrons. The highest BCUT2D eigenvalue weighted by atomic mass is 31.2. The second kappa shape index (κ2) is 38.1. The van der Waals surface area contributed by atoms with Gasteiger partial charge < -0.3 is 13.6 Å². The van der Waals surface area contributed by atoms with E-state index in [9.17, 15) is 0 Å². The van der Waals surface area contributed by atoms with Gasteiger partial charge in [0.1, 0.15) is 17.2 Å². The molecule has 0 aliphatic rings. The van der Waals surface area contributed by atoms with Gasteiger partial charge in [-0.25, -0.2) is 0 Å². The first kappa shape index (κ1) is 89.5. The summed E-state index contributed by atoms with van der Waals surface area (Å²) in [4.78, 5) is 0. The lowest BCUT2D eigenvalue weighted by molar-refractivity contribution is 0.373. The van der Waals surface area contributed by atoms with Crippen LogP contribution in [0.15, 0.2) is 382 Å². The van der Waals surface area contributed by atoms with Gasteiger partial charge in [0.05, 0.1) is 0 Å². The molecule has 0 N–H and O–H groups in total. The van der Waals surface area contributed by atoms with Crippen molar-refractivity contribution in [3.05, 3.63) is 416 Å². The molecule has 15 rings (SSSR count). The van der Waals surface area contributed by atoms with Crippen molar-refractivity contribution in [3.63, 3.8) is 0 Å². The predicted molar refractivity (Wildman–Crippen MR) is 553 cm³/mol. The van der Waals surface area contributed by atoms with Gasteiger partial charge in [0.15, 0.2) is 0 Å². The van der Waals surface area contributed by atoms with Crippen molar-refractivity contribution in [3.8, 4) is 17.2 Å².